The Morgan fingerprint density at radius 2 is 1.55 bits per heavy atom. The number of hydrogen-bond acceptors (Lipinski definition) is 1. The smallest absolute Gasteiger partial charge is 0.259 e. The first-order valence-electron chi connectivity index (χ1n) is 11.1. The van der Waals surface area contributed by atoms with Gasteiger partial charge in [0.2, 0.25) is 0 Å². The molecule has 1 radical (unpaired) electrons. The molecule has 0 saturated heterocycles. The second-order valence-electron chi connectivity index (χ2n) is 9.35. The molecule has 4 rings (SSSR count). The predicted molar refractivity (Wildman–Crippen MR) is 124 cm³/mol. The van der Waals surface area contributed by atoms with Gasteiger partial charge in [0, 0.05) is 6.07 Å². The van der Waals surface area contributed by atoms with Gasteiger partial charge in [0.1, 0.15) is 11.6 Å². The van der Waals surface area contributed by atoms with Crippen LogP contribution in [0.1, 0.15) is 59.8 Å². The number of fused-ring (bicyclic) bond motifs is 2. The molecule has 3 aromatic rings. The van der Waals surface area contributed by atoms with E-state index < -0.39 is 8.32 Å². The summed E-state index contributed by atoms with van der Waals surface area (Å²) in [6.45, 7) is 9.47. The number of benzene rings is 3. The highest BCUT2D eigenvalue weighted by Crippen LogP contribution is 2.49. The molecule has 0 atom stereocenters. The van der Waals surface area contributed by atoms with E-state index in [1.165, 1.54) is 38.2 Å². The zero-order chi connectivity index (χ0) is 20.6. The average molecular weight is 408 g/mol. The molecule has 1 saturated carbocycles. The van der Waals surface area contributed by atoms with Gasteiger partial charge in [0.05, 0.1) is 0 Å². The monoisotopic (exact) mass is 407 g/mol. The summed E-state index contributed by atoms with van der Waals surface area (Å²) in [5.74, 6) is 0.667. The third-order valence-corrected chi connectivity index (χ3v) is 13.0. The fraction of sp³-hybridized carbons (Fsp3) is 0.462. The highest BCUT2D eigenvalue weighted by Gasteiger charge is 2.50. The number of hydrogen-bond donors (Lipinski definition) is 0. The van der Waals surface area contributed by atoms with E-state index in [4.69, 9.17) is 4.43 Å². The van der Waals surface area contributed by atoms with E-state index in [9.17, 15) is 4.39 Å². The highest BCUT2D eigenvalue weighted by molar-refractivity contribution is 6.78. The zero-order valence-electron chi connectivity index (χ0n) is 18.1. The molecule has 3 aromatic carbocycles. The fourth-order valence-corrected chi connectivity index (χ4v) is 11.3. The third kappa shape index (κ3) is 3.82. The van der Waals surface area contributed by atoms with Crippen molar-refractivity contribution in [1.29, 1.82) is 0 Å². The molecule has 1 nitrogen and oxygen atoms in total. The van der Waals surface area contributed by atoms with E-state index in [-0.39, 0.29) is 5.82 Å². The second-order valence-corrected chi connectivity index (χ2v) is 14.4. The summed E-state index contributed by atoms with van der Waals surface area (Å²) in [6.07, 6.45) is 6.68. The van der Waals surface area contributed by atoms with Gasteiger partial charge in [-0.2, -0.15) is 0 Å². The molecular weight excluding hydrogens is 375 g/mol. The van der Waals surface area contributed by atoms with Gasteiger partial charge in [-0.3, -0.25) is 0 Å². The van der Waals surface area contributed by atoms with Crippen LogP contribution < -0.4 is 4.43 Å². The highest BCUT2D eigenvalue weighted by atomic mass is 28.4. The van der Waals surface area contributed by atoms with Crippen LogP contribution in [0.5, 0.6) is 5.75 Å². The van der Waals surface area contributed by atoms with Crippen LogP contribution in [0.4, 0.5) is 4.39 Å². The van der Waals surface area contributed by atoms with Gasteiger partial charge >= 0.3 is 0 Å². The van der Waals surface area contributed by atoms with E-state index in [1.54, 1.807) is 0 Å². The minimum absolute atomic E-state index is 0.312. The molecule has 1 aliphatic rings. The van der Waals surface area contributed by atoms with Crippen LogP contribution in [0.3, 0.4) is 0 Å². The Morgan fingerprint density at radius 1 is 0.862 bits per heavy atom. The minimum atomic E-state index is -2.01. The quantitative estimate of drug-likeness (QED) is 0.305. The molecule has 0 heterocycles. The van der Waals surface area contributed by atoms with Gasteiger partial charge in [-0.05, 0) is 81.3 Å². The summed E-state index contributed by atoms with van der Waals surface area (Å²) in [4.78, 5) is 0. The first-order valence-corrected chi connectivity index (χ1v) is 13.3. The molecule has 3 heteroatoms. The molecule has 0 spiro atoms. The molecule has 1 fully saturated rings. The summed E-state index contributed by atoms with van der Waals surface area (Å²) < 4.78 is 20.7. The topological polar surface area (TPSA) is 9.23 Å². The maximum atomic E-state index is 13.6. The SMILES string of the molecule is CC(C)[Si](Oc1ccc2cc3ccc(F)[c]c3cc2c1)(C(C)C)C1CCCCC1. The molecule has 0 aliphatic heterocycles. The van der Waals surface area contributed by atoms with E-state index in [0.717, 1.165) is 32.8 Å². The normalized spacial score (nSPS) is 16.2. The molecule has 0 amide bonds. The summed E-state index contributed by atoms with van der Waals surface area (Å²) >= 11 is 0. The van der Waals surface area contributed by atoms with Crippen LogP contribution in [0.15, 0.2) is 42.5 Å². The van der Waals surface area contributed by atoms with E-state index in [1.807, 2.05) is 12.1 Å². The molecule has 0 N–H and O–H groups in total. The summed E-state index contributed by atoms with van der Waals surface area (Å²) in [5, 5.41) is 4.08. The Balaban J connectivity index is 1.75. The minimum Gasteiger partial charge on any atom is -0.543 e. The van der Waals surface area contributed by atoms with Crippen LogP contribution in [-0.2, 0) is 0 Å². The van der Waals surface area contributed by atoms with Crippen molar-refractivity contribution in [2.45, 2.75) is 76.4 Å². The lowest BCUT2D eigenvalue weighted by molar-refractivity contribution is 0.409. The lowest BCUT2D eigenvalue weighted by Gasteiger charge is -2.46. The maximum Gasteiger partial charge on any atom is 0.259 e. The van der Waals surface area contributed by atoms with Gasteiger partial charge in [-0.25, -0.2) is 4.39 Å². The second kappa shape index (κ2) is 8.10. The lowest BCUT2D eigenvalue weighted by atomic mass is 10.0. The Labute approximate surface area is 175 Å². The van der Waals surface area contributed by atoms with E-state index in [0.29, 0.717) is 11.1 Å². The third-order valence-electron chi connectivity index (χ3n) is 6.99. The molecule has 153 valence electrons. The Morgan fingerprint density at radius 3 is 2.24 bits per heavy atom. The zero-order valence-corrected chi connectivity index (χ0v) is 19.1. The Bertz CT molecular complexity index is 996. The van der Waals surface area contributed by atoms with Crippen molar-refractivity contribution in [3.05, 3.63) is 54.3 Å². The largest absolute Gasteiger partial charge is 0.543 e. The maximum absolute atomic E-state index is 13.6. The van der Waals surface area contributed by atoms with Crippen molar-refractivity contribution < 1.29 is 8.82 Å². The van der Waals surface area contributed by atoms with Crippen LogP contribution in [0.2, 0.25) is 16.6 Å². The Hall–Kier alpha value is -1.87. The molecule has 0 aromatic heterocycles. The van der Waals surface area contributed by atoms with Gasteiger partial charge in [0.25, 0.3) is 8.32 Å². The van der Waals surface area contributed by atoms with Gasteiger partial charge in [0.15, 0.2) is 0 Å². The van der Waals surface area contributed by atoms with Crippen molar-refractivity contribution in [3.8, 4) is 5.75 Å². The average Bonchev–Trinajstić information content (AvgIpc) is 2.70. The van der Waals surface area contributed by atoms with Crippen molar-refractivity contribution in [1.82, 2.24) is 0 Å². The molecule has 29 heavy (non-hydrogen) atoms. The van der Waals surface area contributed by atoms with Crippen LogP contribution in [0, 0.1) is 11.9 Å². The molecule has 1 aliphatic carbocycles. The molecule has 0 bridgehead atoms. The van der Waals surface area contributed by atoms with Gasteiger partial charge in [-0.15, -0.1) is 0 Å². The standard InChI is InChI=1S/C26H32FOSi/c1-18(2)29(19(3)4,26-8-6-5-7-9-26)28-25-13-11-21-14-20-10-12-24(27)16-22(20)15-23(21)17-25/h10-15,17-19,26H,5-9H2,1-4H3. The van der Waals surface area contributed by atoms with Crippen molar-refractivity contribution in [3.63, 3.8) is 0 Å². The summed E-state index contributed by atoms with van der Waals surface area (Å²) in [5.41, 5.74) is 1.87. The molecule has 0 unspecified atom stereocenters. The van der Waals surface area contributed by atoms with Gasteiger partial charge < -0.3 is 4.43 Å². The van der Waals surface area contributed by atoms with Gasteiger partial charge in [-0.1, -0.05) is 59.1 Å². The predicted octanol–water partition coefficient (Wildman–Crippen LogP) is 8.41. The van der Waals surface area contributed by atoms with E-state index in [2.05, 4.69) is 58.0 Å². The number of halogens is 1. The Kier molecular flexibility index (Phi) is 5.70. The van der Waals surface area contributed by atoms with Crippen molar-refractivity contribution in [2.24, 2.45) is 0 Å². The van der Waals surface area contributed by atoms with Crippen LogP contribution in [0.25, 0.3) is 21.5 Å². The lowest BCUT2D eigenvalue weighted by Crippen LogP contribution is -2.52. The molecular formula is C26H32FOSi. The summed E-state index contributed by atoms with van der Waals surface area (Å²) in [6, 6.07) is 16.7. The van der Waals surface area contributed by atoms with Crippen molar-refractivity contribution >= 4 is 29.9 Å². The van der Waals surface area contributed by atoms with Crippen molar-refractivity contribution in [2.75, 3.05) is 0 Å². The van der Waals surface area contributed by atoms with E-state index >= 15 is 0 Å². The first-order chi connectivity index (χ1) is 13.9. The summed E-state index contributed by atoms with van der Waals surface area (Å²) in [7, 11) is -2.01. The fourth-order valence-electron chi connectivity index (χ4n) is 5.62. The number of rotatable bonds is 5. The van der Waals surface area contributed by atoms with Crippen LogP contribution in [-0.4, -0.2) is 8.32 Å². The first kappa shape index (κ1) is 20.4. The van der Waals surface area contributed by atoms with Crippen LogP contribution >= 0.6 is 0 Å².